The molecule has 12 heteroatoms. The average Bonchev–Trinajstić information content (AvgIpc) is 2.91. The number of rotatable bonds is 5. The van der Waals surface area contributed by atoms with Crippen molar-refractivity contribution in [3.63, 3.8) is 0 Å². The Morgan fingerprint density at radius 1 is 1.00 bits per heavy atom. The molecule has 0 atom stereocenters. The third-order valence-electron chi connectivity index (χ3n) is 5.77. The van der Waals surface area contributed by atoms with Gasteiger partial charge in [-0.1, -0.05) is 6.07 Å². The van der Waals surface area contributed by atoms with Gasteiger partial charge in [-0.15, -0.1) is 0 Å². The Kier molecular flexibility index (Phi) is 6.81. The molecule has 5 rings (SSSR count). The number of halogens is 5. The molecule has 7 nitrogen and oxygen atoms in total. The summed E-state index contributed by atoms with van der Waals surface area (Å²) >= 11 is 0. The Morgan fingerprint density at radius 3 is 2.55 bits per heavy atom. The van der Waals surface area contributed by atoms with Crippen LogP contribution < -0.4 is 15.0 Å². The second-order valence-corrected chi connectivity index (χ2v) is 8.38. The van der Waals surface area contributed by atoms with Crippen molar-refractivity contribution in [2.75, 3.05) is 36.5 Å². The zero-order valence-corrected chi connectivity index (χ0v) is 19.6. The summed E-state index contributed by atoms with van der Waals surface area (Å²) in [4.78, 5) is 23.5. The summed E-state index contributed by atoms with van der Waals surface area (Å²) in [5, 5.41) is 2.27. The molecule has 0 bridgehead atoms. The predicted molar refractivity (Wildman–Crippen MR) is 128 cm³/mol. The Hall–Kier alpha value is -4.32. The van der Waals surface area contributed by atoms with Gasteiger partial charge >= 0.3 is 6.18 Å². The number of fused-ring (bicyclic) bond motifs is 1. The number of hydrogen-bond donors (Lipinski definition) is 1. The van der Waals surface area contributed by atoms with E-state index < -0.39 is 35.0 Å². The molecule has 0 aliphatic carbocycles. The fourth-order valence-electron chi connectivity index (χ4n) is 3.87. The number of anilines is 2. The molecule has 0 radical (unpaired) electrons. The summed E-state index contributed by atoms with van der Waals surface area (Å²) in [6.07, 6.45) is -3.01. The molecule has 1 aromatic heterocycles. The molecule has 1 fully saturated rings. The summed E-state index contributed by atoms with van der Waals surface area (Å²) in [5.41, 5.74) is -0.521. The molecule has 1 aliphatic heterocycles. The first kappa shape index (κ1) is 25.3. The van der Waals surface area contributed by atoms with Crippen molar-refractivity contribution < 1.29 is 36.2 Å². The molecule has 3 aromatic carbocycles. The van der Waals surface area contributed by atoms with Crippen LogP contribution in [0.25, 0.3) is 11.0 Å². The van der Waals surface area contributed by atoms with Gasteiger partial charge in [-0.3, -0.25) is 9.78 Å². The summed E-state index contributed by atoms with van der Waals surface area (Å²) < 4.78 is 78.7. The van der Waals surface area contributed by atoms with Gasteiger partial charge in [0.25, 0.3) is 5.91 Å². The molecular formula is C26H19F5N4O3. The van der Waals surface area contributed by atoms with Gasteiger partial charge in [-0.25, -0.2) is 9.37 Å². The fourth-order valence-corrected chi connectivity index (χ4v) is 3.87. The Morgan fingerprint density at radius 2 is 1.79 bits per heavy atom. The van der Waals surface area contributed by atoms with Gasteiger partial charge in [0.1, 0.15) is 11.6 Å². The third kappa shape index (κ3) is 5.49. The monoisotopic (exact) mass is 530 g/mol. The Balaban J connectivity index is 1.38. The van der Waals surface area contributed by atoms with Crippen molar-refractivity contribution in [3.8, 4) is 11.5 Å². The molecule has 4 aromatic rings. The van der Waals surface area contributed by atoms with Crippen molar-refractivity contribution in [2.45, 2.75) is 6.18 Å². The van der Waals surface area contributed by atoms with Crippen LogP contribution in [0.4, 0.5) is 33.5 Å². The quantitative estimate of drug-likeness (QED) is 0.329. The summed E-state index contributed by atoms with van der Waals surface area (Å²) in [5.74, 6) is -3.35. The Labute approximate surface area is 212 Å². The van der Waals surface area contributed by atoms with E-state index in [1.54, 1.807) is 12.3 Å². The zero-order valence-electron chi connectivity index (χ0n) is 19.6. The largest absolute Gasteiger partial charge is 0.454 e. The predicted octanol–water partition coefficient (Wildman–Crippen LogP) is 5.81. The van der Waals surface area contributed by atoms with E-state index in [-0.39, 0.29) is 17.0 Å². The van der Waals surface area contributed by atoms with Gasteiger partial charge in [-0.2, -0.15) is 17.6 Å². The van der Waals surface area contributed by atoms with Crippen LogP contribution in [0, 0.1) is 11.6 Å². The summed E-state index contributed by atoms with van der Waals surface area (Å²) in [6.45, 7) is 2.43. The topological polar surface area (TPSA) is 76.6 Å². The number of hydrogen-bond acceptors (Lipinski definition) is 6. The standard InChI is InChI=1S/C26H19F5N4O3/c27-19-11-17(33-25(36)15-2-1-3-16(10-15)26(29,30)31)12-22(24(19)28)38-18-4-5-20-21(13-18)34-23(14-32-20)35-6-8-37-9-7-35/h1-5,10-14H,6-9H2,(H,33,36). The van der Waals surface area contributed by atoms with Gasteiger partial charge in [0.2, 0.25) is 5.82 Å². The van der Waals surface area contributed by atoms with Crippen LogP contribution in [-0.2, 0) is 10.9 Å². The van der Waals surface area contributed by atoms with E-state index in [9.17, 15) is 26.7 Å². The lowest BCUT2D eigenvalue weighted by Gasteiger charge is -2.27. The van der Waals surface area contributed by atoms with Crippen molar-refractivity contribution >= 4 is 28.4 Å². The van der Waals surface area contributed by atoms with E-state index in [2.05, 4.69) is 15.3 Å². The highest BCUT2D eigenvalue weighted by molar-refractivity contribution is 6.04. The lowest BCUT2D eigenvalue weighted by molar-refractivity contribution is -0.137. The average molecular weight is 530 g/mol. The SMILES string of the molecule is O=C(Nc1cc(F)c(F)c(Oc2ccc3ncc(N4CCOCC4)nc3c2)c1)c1cccc(C(F)(F)F)c1. The second-order valence-electron chi connectivity index (χ2n) is 8.38. The normalized spacial score (nSPS) is 14.0. The van der Waals surface area contributed by atoms with Crippen LogP contribution in [0.1, 0.15) is 15.9 Å². The van der Waals surface area contributed by atoms with Crippen molar-refractivity contribution in [1.29, 1.82) is 0 Å². The van der Waals surface area contributed by atoms with Gasteiger partial charge < -0.3 is 19.7 Å². The molecule has 0 saturated carbocycles. The van der Waals surface area contributed by atoms with E-state index in [1.165, 1.54) is 18.2 Å². The summed E-state index contributed by atoms with van der Waals surface area (Å²) in [7, 11) is 0. The van der Waals surface area contributed by atoms with Gasteiger partial charge in [0.15, 0.2) is 11.6 Å². The first-order valence-corrected chi connectivity index (χ1v) is 11.4. The van der Waals surface area contributed by atoms with E-state index in [4.69, 9.17) is 9.47 Å². The zero-order chi connectivity index (χ0) is 26.9. The number of ether oxygens (including phenoxy) is 2. The first-order valence-electron chi connectivity index (χ1n) is 11.4. The lowest BCUT2D eigenvalue weighted by atomic mass is 10.1. The van der Waals surface area contributed by atoms with E-state index >= 15 is 0 Å². The number of morpholine rings is 1. The number of aromatic nitrogens is 2. The number of amides is 1. The Bertz CT molecular complexity index is 1510. The second kappa shape index (κ2) is 10.2. The maximum Gasteiger partial charge on any atom is 0.416 e. The molecule has 1 N–H and O–H groups in total. The number of alkyl halides is 3. The highest BCUT2D eigenvalue weighted by Crippen LogP contribution is 2.32. The molecule has 1 aliphatic rings. The van der Waals surface area contributed by atoms with E-state index in [1.807, 2.05) is 4.90 Å². The number of carbonyl (C=O) groups is 1. The van der Waals surface area contributed by atoms with Crippen LogP contribution in [0.2, 0.25) is 0 Å². The third-order valence-corrected chi connectivity index (χ3v) is 5.77. The van der Waals surface area contributed by atoms with Crippen LogP contribution >= 0.6 is 0 Å². The van der Waals surface area contributed by atoms with Crippen molar-refractivity contribution in [2.24, 2.45) is 0 Å². The highest BCUT2D eigenvalue weighted by Gasteiger charge is 2.31. The number of benzene rings is 3. The minimum atomic E-state index is -4.65. The number of nitrogens with one attached hydrogen (secondary N) is 1. The highest BCUT2D eigenvalue weighted by atomic mass is 19.4. The fraction of sp³-hybridized carbons (Fsp3) is 0.192. The maximum absolute atomic E-state index is 14.5. The molecular weight excluding hydrogens is 511 g/mol. The van der Waals surface area contributed by atoms with E-state index in [0.29, 0.717) is 55.3 Å². The minimum absolute atomic E-state index is 0.130. The van der Waals surface area contributed by atoms with Crippen LogP contribution in [-0.4, -0.2) is 42.2 Å². The smallest absolute Gasteiger partial charge is 0.416 e. The number of carbonyl (C=O) groups excluding carboxylic acids is 1. The van der Waals surface area contributed by atoms with Crippen LogP contribution in [0.3, 0.4) is 0 Å². The summed E-state index contributed by atoms with van der Waals surface area (Å²) in [6, 6.07) is 10.1. The minimum Gasteiger partial charge on any atom is -0.454 e. The lowest BCUT2D eigenvalue weighted by Crippen LogP contribution is -2.36. The van der Waals surface area contributed by atoms with Crippen molar-refractivity contribution in [1.82, 2.24) is 9.97 Å². The van der Waals surface area contributed by atoms with Gasteiger partial charge in [0.05, 0.1) is 36.0 Å². The molecule has 2 heterocycles. The molecule has 196 valence electrons. The van der Waals surface area contributed by atoms with Gasteiger partial charge in [-0.05, 0) is 30.3 Å². The molecule has 38 heavy (non-hydrogen) atoms. The maximum atomic E-state index is 14.5. The van der Waals surface area contributed by atoms with Gasteiger partial charge in [0, 0.05) is 42.5 Å². The van der Waals surface area contributed by atoms with Crippen molar-refractivity contribution in [3.05, 3.63) is 83.6 Å². The number of nitrogens with zero attached hydrogens (tertiary/aromatic N) is 3. The van der Waals surface area contributed by atoms with Crippen LogP contribution in [0.15, 0.2) is 60.8 Å². The molecule has 0 spiro atoms. The molecule has 1 amide bonds. The van der Waals surface area contributed by atoms with E-state index in [0.717, 1.165) is 18.2 Å². The van der Waals surface area contributed by atoms with Crippen LogP contribution in [0.5, 0.6) is 11.5 Å². The molecule has 0 unspecified atom stereocenters. The first-order chi connectivity index (χ1) is 18.2. The molecule has 1 saturated heterocycles.